The van der Waals surface area contributed by atoms with Gasteiger partial charge in [0.15, 0.2) is 5.78 Å². The molecule has 0 saturated heterocycles. The smallest absolute Gasteiger partial charge is 0.166 e. The summed E-state index contributed by atoms with van der Waals surface area (Å²) in [4.78, 5) is 11.9. The van der Waals surface area contributed by atoms with Gasteiger partial charge in [0.1, 0.15) is 5.82 Å². The van der Waals surface area contributed by atoms with Crippen LogP contribution < -0.4 is 0 Å². The Morgan fingerprint density at radius 3 is 2.33 bits per heavy atom. The van der Waals surface area contributed by atoms with Crippen LogP contribution >= 0.6 is 0 Å². The third-order valence-electron chi connectivity index (χ3n) is 2.68. The van der Waals surface area contributed by atoms with Gasteiger partial charge in [0.2, 0.25) is 0 Å². The number of carbonyl (C=O) groups excluding carboxylic acids is 1. The number of hydrogen-bond acceptors (Lipinski definition) is 1. The molecule has 1 aromatic carbocycles. The van der Waals surface area contributed by atoms with Gasteiger partial charge in [-0.1, -0.05) is 13.8 Å². The monoisotopic (exact) mass is 208 g/mol. The summed E-state index contributed by atoms with van der Waals surface area (Å²) in [6, 6.07) is 4.51. The lowest BCUT2D eigenvalue weighted by molar-refractivity contribution is 0.0913. The molecule has 1 aromatic rings. The van der Waals surface area contributed by atoms with E-state index in [9.17, 15) is 9.18 Å². The Hall–Kier alpha value is -1.18. The zero-order valence-electron chi connectivity index (χ0n) is 9.51. The molecule has 1 nitrogen and oxygen atoms in total. The first-order valence-electron chi connectivity index (χ1n) is 5.39. The van der Waals surface area contributed by atoms with Crippen molar-refractivity contribution in [2.75, 3.05) is 0 Å². The minimum atomic E-state index is -0.329. The second kappa shape index (κ2) is 5.06. The number of Topliss-reactive ketones (excluding diaryl/α,β-unsaturated/α-hetero) is 1. The number of aryl methyl sites for hydroxylation is 1. The van der Waals surface area contributed by atoms with E-state index in [1.165, 1.54) is 12.1 Å². The van der Waals surface area contributed by atoms with Gasteiger partial charge in [-0.25, -0.2) is 4.39 Å². The Balaban J connectivity index is 3.00. The standard InChI is InChI=1S/C13H17FO/c1-4-10(5-2)13(15)11-6-9(3)7-12(14)8-11/h6-8,10H,4-5H2,1-3H3. The first-order valence-corrected chi connectivity index (χ1v) is 5.39. The average Bonchev–Trinajstić information content (AvgIpc) is 2.18. The number of carbonyl (C=O) groups is 1. The van der Waals surface area contributed by atoms with Gasteiger partial charge in [0.25, 0.3) is 0 Å². The maximum Gasteiger partial charge on any atom is 0.166 e. The fraction of sp³-hybridized carbons (Fsp3) is 0.462. The van der Waals surface area contributed by atoms with E-state index < -0.39 is 0 Å². The van der Waals surface area contributed by atoms with E-state index >= 15 is 0 Å². The first kappa shape index (κ1) is 11.9. The van der Waals surface area contributed by atoms with Crippen LogP contribution in [0.1, 0.15) is 42.6 Å². The lowest BCUT2D eigenvalue weighted by Crippen LogP contribution is -2.13. The summed E-state index contributed by atoms with van der Waals surface area (Å²) in [5, 5.41) is 0. The van der Waals surface area contributed by atoms with Crippen LogP contribution in [0.4, 0.5) is 4.39 Å². The summed E-state index contributed by atoms with van der Waals surface area (Å²) >= 11 is 0. The average molecular weight is 208 g/mol. The molecule has 0 radical (unpaired) electrons. The van der Waals surface area contributed by atoms with E-state index in [1.807, 2.05) is 13.8 Å². The normalized spacial score (nSPS) is 10.7. The first-order chi connectivity index (χ1) is 7.08. The molecule has 0 amide bonds. The van der Waals surface area contributed by atoms with Crippen LogP contribution in [0.5, 0.6) is 0 Å². The van der Waals surface area contributed by atoms with Crippen LogP contribution in [-0.4, -0.2) is 5.78 Å². The van der Waals surface area contributed by atoms with Gasteiger partial charge in [-0.3, -0.25) is 4.79 Å². The molecule has 0 heterocycles. The third kappa shape index (κ3) is 2.88. The van der Waals surface area contributed by atoms with E-state index in [-0.39, 0.29) is 17.5 Å². The molecule has 1 rings (SSSR count). The maximum absolute atomic E-state index is 13.1. The topological polar surface area (TPSA) is 17.1 Å². The summed E-state index contributed by atoms with van der Waals surface area (Å²) in [6.07, 6.45) is 1.62. The SMILES string of the molecule is CCC(CC)C(=O)c1cc(C)cc(F)c1. The highest BCUT2D eigenvalue weighted by molar-refractivity contribution is 5.97. The summed E-state index contributed by atoms with van der Waals surface area (Å²) in [5.41, 5.74) is 1.30. The molecular formula is C13H17FO. The largest absolute Gasteiger partial charge is 0.294 e. The molecule has 0 aliphatic rings. The molecule has 0 bridgehead atoms. The zero-order chi connectivity index (χ0) is 11.4. The highest BCUT2D eigenvalue weighted by Gasteiger charge is 2.16. The van der Waals surface area contributed by atoms with E-state index in [0.717, 1.165) is 18.4 Å². The Morgan fingerprint density at radius 2 is 1.87 bits per heavy atom. The number of ketones is 1. The zero-order valence-corrected chi connectivity index (χ0v) is 9.51. The highest BCUT2D eigenvalue weighted by atomic mass is 19.1. The van der Waals surface area contributed by atoms with Crippen molar-refractivity contribution in [1.29, 1.82) is 0 Å². The van der Waals surface area contributed by atoms with Crippen molar-refractivity contribution in [1.82, 2.24) is 0 Å². The van der Waals surface area contributed by atoms with Gasteiger partial charge in [-0.05, 0) is 43.5 Å². The van der Waals surface area contributed by atoms with Crippen molar-refractivity contribution in [2.45, 2.75) is 33.6 Å². The molecule has 82 valence electrons. The Bertz CT molecular complexity index is 333. The van der Waals surface area contributed by atoms with Crippen LogP contribution in [0, 0.1) is 18.7 Å². The van der Waals surface area contributed by atoms with Crippen molar-refractivity contribution in [2.24, 2.45) is 5.92 Å². The Morgan fingerprint density at radius 1 is 1.27 bits per heavy atom. The summed E-state index contributed by atoms with van der Waals surface area (Å²) in [7, 11) is 0. The second-order valence-electron chi connectivity index (χ2n) is 3.89. The predicted molar refractivity (Wildman–Crippen MR) is 59.5 cm³/mol. The molecule has 0 unspecified atom stereocenters. The van der Waals surface area contributed by atoms with Gasteiger partial charge in [0.05, 0.1) is 0 Å². The number of halogens is 1. The minimum Gasteiger partial charge on any atom is -0.294 e. The quantitative estimate of drug-likeness (QED) is 0.689. The van der Waals surface area contributed by atoms with Gasteiger partial charge < -0.3 is 0 Å². The molecule has 2 heteroatoms. The minimum absolute atomic E-state index is 0.0196. The fourth-order valence-corrected chi connectivity index (χ4v) is 1.77. The van der Waals surface area contributed by atoms with E-state index in [0.29, 0.717) is 5.56 Å². The fourth-order valence-electron chi connectivity index (χ4n) is 1.77. The van der Waals surface area contributed by atoms with E-state index in [2.05, 4.69) is 0 Å². The van der Waals surface area contributed by atoms with Crippen molar-refractivity contribution in [3.8, 4) is 0 Å². The van der Waals surface area contributed by atoms with Crippen molar-refractivity contribution < 1.29 is 9.18 Å². The molecule has 0 spiro atoms. The van der Waals surface area contributed by atoms with Crippen LogP contribution in [0.3, 0.4) is 0 Å². The highest BCUT2D eigenvalue weighted by Crippen LogP contribution is 2.17. The summed E-state index contributed by atoms with van der Waals surface area (Å²) in [5.74, 6) is -0.252. The summed E-state index contributed by atoms with van der Waals surface area (Å²) in [6.45, 7) is 5.77. The van der Waals surface area contributed by atoms with Crippen molar-refractivity contribution >= 4 is 5.78 Å². The maximum atomic E-state index is 13.1. The van der Waals surface area contributed by atoms with E-state index in [4.69, 9.17) is 0 Å². The summed E-state index contributed by atoms with van der Waals surface area (Å²) < 4.78 is 13.1. The predicted octanol–water partition coefficient (Wildman–Crippen LogP) is 3.75. The van der Waals surface area contributed by atoms with Crippen LogP contribution in [0.25, 0.3) is 0 Å². The molecule has 0 fully saturated rings. The molecule has 0 aliphatic carbocycles. The molecule has 0 aliphatic heterocycles. The molecule has 0 N–H and O–H groups in total. The molecule has 0 aromatic heterocycles. The lowest BCUT2D eigenvalue weighted by atomic mass is 9.92. The Labute approximate surface area is 90.3 Å². The van der Waals surface area contributed by atoms with Crippen LogP contribution in [-0.2, 0) is 0 Å². The number of benzene rings is 1. The van der Waals surface area contributed by atoms with Crippen LogP contribution in [0.2, 0.25) is 0 Å². The molecule has 15 heavy (non-hydrogen) atoms. The lowest BCUT2D eigenvalue weighted by Gasteiger charge is -2.11. The molecular weight excluding hydrogens is 191 g/mol. The van der Waals surface area contributed by atoms with Gasteiger partial charge in [-0.15, -0.1) is 0 Å². The van der Waals surface area contributed by atoms with Gasteiger partial charge >= 0.3 is 0 Å². The van der Waals surface area contributed by atoms with Crippen molar-refractivity contribution in [3.05, 3.63) is 35.1 Å². The number of hydrogen-bond donors (Lipinski definition) is 0. The van der Waals surface area contributed by atoms with Gasteiger partial charge in [0, 0.05) is 11.5 Å². The second-order valence-corrected chi connectivity index (χ2v) is 3.89. The molecule has 0 atom stereocenters. The third-order valence-corrected chi connectivity index (χ3v) is 2.68. The van der Waals surface area contributed by atoms with E-state index in [1.54, 1.807) is 13.0 Å². The number of rotatable bonds is 4. The Kier molecular flexibility index (Phi) is 4.01. The van der Waals surface area contributed by atoms with Gasteiger partial charge in [-0.2, -0.15) is 0 Å². The molecule has 0 saturated carbocycles. The van der Waals surface area contributed by atoms with Crippen molar-refractivity contribution in [3.63, 3.8) is 0 Å². The van der Waals surface area contributed by atoms with Crippen LogP contribution in [0.15, 0.2) is 18.2 Å².